The third-order valence-electron chi connectivity index (χ3n) is 2.56. The molecule has 0 bridgehead atoms. The first-order chi connectivity index (χ1) is 6.79. The summed E-state index contributed by atoms with van der Waals surface area (Å²) in [6.07, 6.45) is 3.47. The predicted octanol–water partition coefficient (Wildman–Crippen LogP) is 1.80. The zero-order valence-corrected chi connectivity index (χ0v) is 10.3. The average molecular weight is 264 g/mol. The molecule has 82 valence electrons. The molecule has 1 aliphatic heterocycles. The largest absolute Gasteiger partial charge is 0.372 e. The zero-order chi connectivity index (χ0) is 10.4. The van der Waals surface area contributed by atoms with Crippen molar-refractivity contribution in [1.82, 2.24) is 4.90 Å². The highest BCUT2D eigenvalue weighted by Gasteiger charge is 2.25. The quantitative estimate of drug-likeness (QED) is 0.725. The number of likely N-dealkylation sites (tertiary alicyclic amines) is 1. The van der Waals surface area contributed by atoms with Crippen LogP contribution in [0.4, 0.5) is 0 Å². The minimum Gasteiger partial charge on any atom is -0.372 e. The van der Waals surface area contributed by atoms with Crippen LogP contribution in [0.15, 0.2) is 0 Å². The van der Waals surface area contributed by atoms with Crippen LogP contribution < -0.4 is 0 Å². The molecule has 1 saturated heterocycles. The van der Waals surface area contributed by atoms with Crippen LogP contribution in [0.3, 0.4) is 0 Å². The lowest BCUT2D eigenvalue weighted by Crippen LogP contribution is -2.46. The van der Waals surface area contributed by atoms with Gasteiger partial charge in [0.05, 0.1) is 0 Å². The van der Waals surface area contributed by atoms with Gasteiger partial charge in [-0.05, 0) is 26.2 Å². The molecule has 0 aliphatic carbocycles. The van der Waals surface area contributed by atoms with Crippen LogP contribution >= 0.6 is 15.9 Å². The molecule has 4 heteroatoms. The second-order valence-corrected chi connectivity index (χ2v) is 4.18. The van der Waals surface area contributed by atoms with Gasteiger partial charge < -0.3 is 9.64 Å². The second kappa shape index (κ2) is 6.40. The third kappa shape index (κ3) is 3.24. The summed E-state index contributed by atoms with van der Waals surface area (Å²) in [7, 11) is 0. The van der Waals surface area contributed by atoms with Crippen LogP contribution in [0.5, 0.6) is 0 Å². The summed E-state index contributed by atoms with van der Waals surface area (Å²) in [6.45, 7) is 3.65. The van der Waals surface area contributed by atoms with E-state index >= 15 is 0 Å². The molecule has 0 spiro atoms. The fraction of sp³-hybridized carbons (Fsp3) is 0.900. The maximum Gasteiger partial charge on any atom is 0.248 e. The molecule has 1 aliphatic rings. The number of nitrogens with zero attached hydrogens (tertiary/aromatic N) is 1. The number of ether oxygens (including phenoxy) is 1. The number of alkyl halides is 1. The topological polar surface area (TPSA) is 29.5 Å². The van der Waals surface area contributed by atoms with Crippen LogP contribution in [-0.4, -0.2) is 41.9 Å². The molecule has 0 N–H and O–H groups in total. The summed E-state index contributed by atoms with van der Waals surface area (Å²) in [6, 6.07) is 0.372. The summed E-state index contributed by atoms with van der Waals surface area (Å²) in [4.78, 5) is 13.7. The second-order valence-electron chi connectivity index (χ2n) is 3.53. The van der Waals surface area contributed by atoms with Gasteiger partial charge in [0.1, 0.15) is 6.61 Å². The van der Waals surface area contributed by atoms with Crippen molar-refractivity contribution in [2.24, 2.45) is 0 Å². The Hall–Kier alpha value is -0.0900. The number of hydrogen-bond donors (Lipinski definition) is 0. The summed E-state index contributed by atoms with van der Waals surface area (Å²) in [5, 5.41) is 0.880. The minimum absolute atomic E-state index is 0.135. The number of carbonyl (C=O) groups is 1. The van der Waals surface area contributed by atoms with Gasteiger partial charge in [0.15, 0.2) is 0 Å². The Bertz CT molecular complexity index is 187. The van der Waals surface area contributed by atoms with Gasteiger partial charge in [-0.2, -0.15) is 0 Å². The monoisotopic (exact) mass is 263 g/mol. The first-order valence-corrected chi connectivity index (χ1v) is 6.35. The Morgan fingerprint density at radius 2 is 2.36 bits per heavy atom. The molecule has 1 atom stereocenters. The fourth-order valence-electron chi connectivity index (χ4n) is 1.76. The van der Waals surface area contributed by atoms with E-state index in [0.717, 1.165) is 24.7 Å². The Kier molecular flexibility index (Phi) is 5.48. The van der Waals surface area contributed by atoms with Crippen molar-refractivity contribution >= 4 is 21.8 Å². The van der Waals surface area contributed by atoms with Crippen LogP contribution in [-0.2, 0) is 9.53 Å². The molecule has 0 aromatic carbocycles. The number of rotatable bonds is 4. The first-order valence-electron chi connectivity index (χ1n) is 5.22. The number of hydrogen-bond acceptors (Lipinski definition) is 2. The Morgan fingerprint density at radius 3 is 3.00 bits per heavy atom. The van der Waals surface area contributed by atoms with Gasteiger partial charge in [0.2, 0.25) is 5.91 Å². The van der Waals surface area contributed by atoms with E-state index in [0.29, 0.717) is 12.6 Å². The molecule has 0 aromatic rings. The van der Waals surface area contributed by atoms with Crippen LogP contribution in [0, 0.1) is 0 Å². The maximum atomic E-state index is 11.7. The molecule has 1 fully saturated rings. The van der Waals surface area contributed by atoms with E-state index in [1.807, 2.05) is 11.8 Å². The van der Waals surface area contributed by atoms with Gasteiger partial charge in [-0.1, -0.05) is 15.9 Å². The van der Waals surface area contributed by atoms with Crippen molar-refractivity contribution in [2.45, 2.75) is 32.2 Å². The molecule has 1 unspecified atom stereocenters. The number of amides is 1. The fourth-order valence-corrected chi connectivity index (χ4v) is 2.43. The molecule has 0 radical (unpaired) electrons. The van der Waals surface area contributed by atoms with Crippen molar-refractivity contribution in [3.8, 4) is 0 Å². The first kappa shape index (κ1) is 12.0. The van der Waals surface area contributed by atoms with Gasteiger partial charge in [-0.3, -0.25) is 4.79 Å². The molecule has 0 saturated carbocycles. The number of halogens is 1. The summed E-state index contributed by atoms with van der Waals surface area (Å²) in [5.41, 5.74) is 0. The Balaban J connectivity index is 2.41. The number of piperidine rings is 1. The van der Waals surface area contributed by atoms with Gasteiger partial charge in [-0.15, -0.1) is 0 Å². The maximum absolute atomic E-state index is 11.7. The SMILES string of the molecule is CCOCC(=O)N1CCCCC1CBr. The van der Waals surface area contributed by atoms with Gasteiger partial charge in [0, 0.05) is 24.5 Å². The minimum atomic E-state index is 0.135. The molecule has 1 amide bonds. The van der Waals surface area contributed by atoms with Crippen molar-refractivity contribution in [1.29, 1.82) is 0 Å². The molecule has 14 heavy (non-hydrogen) atoms. The Labute approximate surface area is 93.9 Å². The van der Waals surface area contributed by atoms with Gasteiger partial charge in [-0.25, -0.2) is 0 Å². The molecule has 0 aromatic heterocycles. The molecular weight excluding hydrogens is 246 g/mol. The molecular formula is C10H18BrNO2. The molecule has 3 nitrogen and oxygen atoms in total. The van der Waals surface area contributed by atoms with Crippen molar-refractivity contribution < 1.29 is 9.53 Å². The molecule has 1 rings (SSSR count). The van der Waals surface area contributed by atoms with Crippen molar-refractivity contribution in [2.75, 3.05) is 25.1 Å². The highest BCUT2D eigenvalue weighted by Crippen LogP contribution is 2.18. The Morgan fingerprint density at radius 1 is 1.57 bits per heavy atom. The summed E-state index contributed by atoms with van der Waals surface area (Å²) < 4.78 is 5.13. The standard InChI is InChI=1S/C10H18BrNO2/c1-2-14-8-10(13)12-6-4-3-5-9(12)7-11/h9H,2-8H2,1H3. The van der Waals surface area contributed by atoms with E-state index in [-0.39, 0.29) is 12.5 Å². The van der Waals surface area contributed by atoms with Crippen LogP contribution in [0.25, 0.3) is 0 Å². The van der Waals surface area contributed by atoms with E-state index in [2.05, 4.69) is 15.9 Å². The lowest BCUT2D eigenvalue weighted by molar-refractivity contribution is -0.139. The van der Waals surface area contributed by atoms with E-state index in [1.165, 1.54) is 6.42 Å². The van der Waals surface area contributed by atoms with Crippen molar-refractivity contribution in [3.63, 3.8) is 0 Å². The normalized spacial score (nSPS) is 22.4. The highest BCUT2D eigenvalue weighted by molar-refractivity contribution is 9.09. The van der Waals surface area contributed by atoms with E-state index in [9.17, 15) is 4.79 Å². The van der Waals surface area contributed by atoms with Crippen molar-refractivity contribution in [3.05, 3.63) is 0 Å². The lowest BCUT2D eigenvalue weighted by atomic mass is 10.0. The van der Waals surface area contributed by atoms with E-state index in [1.54, 1.807) is 0 Å². The molecule has 1 heterocycles. The van der Waals surface area contributed by atoms with E-state index < -0.39 is 0 Å². The zero-order valence-electron chi connectivity index (χ0n) is 8.67. The summed E-state index contributed by atoms with van der Waals surface area (Å²) in [5.74, 6) is 0.135. The van der Waals surface area contributed by atoms with Gasteiger partial charge in [0.25, 0.3) is 0 Å². The van der Waals surface area contributed by atoms with Crippen LogP contribution in [0.2, 0.25) is 0 Å². The van der Waals surface area contributed by atoms with Crippen LogP contribution in [0.1, 0.15) is 26.2 Å². The highest BCUT2D eigenvalue weighted by atomic mass is 79.9. The number of carbonyl (C=O) groups excluding carboxylic acids is 1. The smallest absolute Gasteiger partial charge is 0.248 e. The van der Waals surface area contributed by atoms with Gasteiger partial charge >= 0.3 is 0 Å². The average Bonchev–Trinajstić information content (AvgIpc) is 2.25. The van der Waals surface area contributed by atoms with E-state index in [4.69, 9.17) is 4.74 Å². The lowest BCUT2D eigenvalue weighted by Gasteiger charge is -2.34. The third-order valence-corrected chi connectivity index (χ3v) is 3.30. The summed E-state index contributed by atoms with van der Waals surface area (Å²) >= 11 is 3.45. The predicted molar refractivity (Wildman–Crippen MR) is 59.6 cm³/mol.